The summed E-state index contributed by atoms with van der Waals surface area (Å²) in [5.74, 6) is 5.57. The van der Waals surface area contributed by atoms with Crippen molar-refractivity contribution in [3.63, 3.8) is 0 Å². The number of nitrogens with one attached hydrogen (secondary N) is 1. The lowest BCUT2D eigenvalue weighted by Crippen LogP contribution is -2.58. The van der Waals surface area contributed by atoms with Gasteiger partial charge in [0, 0.05) is 19.8 Å². The molecule has 1 aromatic carbocycles. The van der Waals surface area contributed by atoms with Crippen LogP contribution in [0.2, 0.25) is 0 Å². The number of methoxy groups -OCH3 is 2. The summed E-state index contributed by atoms with van der Waals surface area (Å²) in [6, 6.07) is 5.20. The number of piperidine rings is 1. The monoisotopic (exact) mass is 440 g/mol. The summed E-state index contributed by atoms with van der Waals surface area (Å²) in [6.45, 7) is 4.00. The molecule has 0 unspecified atom stereocenters. The van der Waals surface area contributed by atoms with Crippen LogP contribution < -0.4 is 14.8 Å². The van der Waals surface area contributed by atoms with E-state index in [4.69, 9.17) is 9.47 Å². The predicted molar refractivity (Wildman–Crippen MR) is 126 cm³/mol. The molecule has 5 aliphatic carbocycles. The Balaban J connectivity index is 0.00000228. The lowest BCUT2D eigenvalue weighted by Gasteiger charge is -2.58. The number of nitrogens with zero attached hydrogens (tertiary/aromatic N) is 1. The maximum absolute atomic E-state index is 12.0. The van der Waals surface area contributed by atoms with E-state index in [1.54, 1.807) is 21.1 Å². The number of rotatable bonds is 4. The van der Waals surface area contributed by atoms with Gasteiger partial charge in [0.2, 0.25) is 5.91 Å². The van der Waals surface area contributed by atoms with E-state index in [-0.39, 0.29) is 18.8 Å². The van der Waals surface area contributed by atoms with Gasteiger partial charge in [0.1, 0.15) is 0 Å². The van der Waals surface area contributed by atoms with E-state index >= 15 is 0 Å². The predicted octanol–water partition coefficient (Wildman–Crippen LogP) is 4.69. The van der Waals surface area contributed by atoms with Gasteiger partial charge < -0.3 is 14.8 Å². The molecule has 0 radical (unpaired) electrons. The number of carbonyl (C=O) groups is 1. The number of amides is 1. The first kappa shape index (κ1) is 20.8. The highest BCUT2D eigenvalue weighted by atomic mass is 16.5. The average Bonchev–Trinajstić information content (AvgIpc) is 3.04. The summed E-state index contributed by atoms with van der Waals surface area (Å²) < 4.78 is 11.3. The van der Waals surface area contributed by atoms with Crippen molar-refractivity contribution >= 4 is 5.91 Å². The largest absolute Gasteiger partial charge is 0.493 e. The fourth-order valence-corrected chi connectivity index (χ4v) is 8.84. The number of benzene rings is 1. The maximum atomic E-state index is 12.0. The molecule has 4 bridgehead atoms. The van der Waals surface area contributed by atoms with E-state index in [9.17, 15) is 4.79 Å². The number of carbonyl (C=O) groups excluding carboxylic acids is 1. The van der Waals surface area contributed by atoms with Gasteiger partial charge in [0.15, 0.2) is 11.5 Å². The number of ether oxygens (including phenoxy) is 2. The third-order valence-electron chi connectivity index (χ3n) is 9.83. The molecule has 5 fully saturated rings. The molecule has 1 aliphatic heterocycles. The van der Waals surface area contributed by atoms with Gasteiger partial charge in [-0.15, -0.1) is 0 Å². The molecule has 1 amide bonds. The van der Waals surface area contributed by atoms with Gasteiger partial charge in [0.05, 0.1) is 20.3 Å². The van der Waals surface area contributed by atoms with Crippen LogP contribution in [0.25, 0.3) is 0 Å². The van der Waals surface area contributed by atoms with Gasteiger partial charge in [-0.1, -0.05) is 0 Å². The quantitative estimate of drug-likeness (QED) is 0.738. The smallest absolute Gasteiger partial charge is 0.217 e. The highest BCUT2D eigenvalue weighted by Crippen LogP contribution is 2.57. The molecule has 1 heterocycles. The normalized spacial score (nSPS) is 36.8. The summed E-state index contributed by atoms with van der Waals surface area (Å²) in [5.41, 5.74) is 2.73. The van der Waals surface area contributed by atoms with E-state index in [0.29, 0.717) is 0 Å². The first-order valence-electron chi connectivity index (χ1n) is 12.8. The van der Waals surface area contributed by atoms with Crippen LogP contribution in [-0.2, 0) is 10.2 Å². The lowest BCUT2D eigenvalue weighted by molar-refractivity contribution is -0.119. The van der Waals surface area contributed by atoms with E-state index in [1.165, 1.54) is 69.2 Å². The standard InChI is InChI=1S/C27H38N2O3.H2/c1-16(30)28-23-15-27(22-14-25(32-3)24(31-2)13-21(22)23)4-6-29(7-5-27)26-19-9-17-8-18(11-19)12-20(26)10-17;/h13-14,17-20,23,26H,4-12,15H2,1-3H3,(H,28,30);1H/t17?,18?,19?,20?,23-,26?;/m0./s1. The van der Waals surface area contributed by atoms with Crippen LogP contribution in [0.1, 0.15) is 76.9 Å². The molecule has 1 spiro atoms. The zero-order valence-corrected chi connectivity index (χ0v) is 19.9. The molecule has 0 aromatic heterocycles. The first-order chi connectivity index (χ1) is 15.5. The van der Waals surface area contributed by atoms with Gasteiger partial charge in [-0.3, -0.25) is 9.69 Å². The maximum Gasteiger partial charge on any atom is 0.217 e. The van der Waals surface area contributed by atoms with E-state index < -0.39 is 0 Å². The van der Waals surface area contributed by atoms with Gasteiger partial charge in [0.25, 0.3) is 0 Å². The Hall–Kier alpha value is -1.75. The molecule has 6 aliphatic rings. The second kappa shape index (κ2) is 7.65. The first-order valence-corrected chi connectivity index (χ1v) is 12.8. The van der Waals surface area contributed by atoms with Crippen LogP contribution in [-0.4, -0.2) is 44.2 Å². The molecular formula is C27H40N2O3. The van der Waals surface area contributed by atoms with E-state index in [2.05, 4.69) is 22.3 Å². The SMILES string of the molecule is COc1cc2c(cc1OC)C1(CCN(C3C4CC5CC(C4)CC3C5)CC1)C[C@@H]2NC(C)=O.[HH]. The van der Waals surface area contributed by atoms with Crippen molar-refractivity contribution in [1.82, 2.24) is 10.2 Å². The molecule has 176 valence electrons. The summed E-state index contributed by atoms with van der Waals surface area (Å²) in [4.78, 5) is 14.9. The Bertz CT molecular complexity index is 883. The minimum atomic E-state index is 0. The van der Waals surface area contributed by atoms with E-state index in [0.717, 1.165) is 47.6 Å². The lowest BCUT2D eigenvalue weighted by atomic mass is 9.53. The van der Waals surface area contributed by atoms with Crippen molar-refractivity contribution in [3.8, 4) is 11.5 Å². The van der Waals surface area contributed by atoms with Crippen molar-refractivity contribution in [1.29, 1.82) is 0 Å². The fraction of sp³-hybridized carbons (Fsp3) is 0.741. The van der Waals surface area contributed by atoms with Crippen molar-refractivity contribution in [2.24, 2.45) is 23.7 Å². The number of fused-ring (bicyclic) bond motifs is 2. The van der Waals surface area contributed by atoms with Crippen LogP contribution in [0.4, 0.5) is 0 Å². The zero-order valence-electron chi connectivity index (χ0n) is 19.9. The molecule has 4 saturated carbocycles. The van der Waals surface area contributed by atoms with Crippen LogP contribution in [0, 0.1) is 23.7 Å². The second-order valence-electron chi connectivity index (χ2n) is 11.5. The van der Waals surface area contributed by atoms with Crippen LogP contribution in [0.5, 0.6) is 11.5 Å². The van der Waals surface area contributed by atoms with Crippen LogP contribution in [0.3, 0.4) is 0 Å². The summed E-state index contributed by atoms with van der Waals surface area (Å²) >= 11 is 0. The average molecular weight is 441 g/mol. The van der Waals surface area contributed by atoms with Crippen molar-refractivity contribution in [2.45, 2.75) is 75.8 Å². The second-order valence-corrected chi connectivity index (χ2v) is 11.5. The number of hydrogen-bond acceptors (Lipinski definition) is 4. The molecule has 5 heteroatoms. The Morgan fingerprint density at radius 1 is 1.00 bits per heavy atom. The third-order valence-corrected chi connectivity index (χ3v) is 9.83. The molecule has 1 aromatic rings. The Morgan fingerprint density at radius 3 is 2.16 bits per heavy atom. The molecule has 32 heavy (non-hydrogen) atoms. The summed E-state index contributed by atoms with van der Waals surface area (Å²) in [5, 5.41) is 3.23. The highest BCUT2D eigenvalue weighted by molar-refractivity contribution is 5.74. The van der Waals surface area contributed by atoms with Gasteiger partial charge >= 0.3 is 0 Å². The summed E-state index contributed by atoms with van der Waals surface area (Å²) in [7, 11) is 3.40. The summed E-state index contributed by atoms with van der Waals surface area (Å²) in [6.07, 6.45) is 10.8. The van der Waals surface area contributed by atoms with Gasteiger partial charge in [-0.25, -0.2) is 0 Å². The molecule has 7 rings (SSSR count). The Kier molecular flexibility index (Phi) is 4.98. The van der Waals surface area contributed by atoms with E-state index in [1.807, 2.05) is 0 Å². The number of hydrogen-bond donors (Lipinski definition) is 1. The molecule has 1 saturated heterocycles. The van der Waals surface area contributed by atoms with Crippen LogP contribution in [0.15, 0.2) is 12.1 Å². The van der Waals surface area contributed by atoms with Crippen molar-refractivity contribution < 1.29 is 15.7 Å². The van der Waals surface area contributed by atoms with Gasteiger partial charge in [-0.2, -0.15) is 0 Å². The minimum absolute atomic E-state index is 0. The number of likely N-dealkylation sites (tertiary alicyclic amines) is 1. The molecule has 1 atom stereocenters. The molecule has 1 N–H and O–H groups in total. The minimum Gasteiger partial charge on any atom is -0.493 e. The highest BCUT2D eigenvalue weighted by Gasteiger charge is 2.52. The fourth-order valence-electron chi connectivity index (χ4n) is 8.84. The van der Waals surface area contributed by atoms with Crippen molar-refractivity contribution in [2.75, 3.05) is 27.3 Å². The molecule has 5 nitrogen and oxygen atoms in total. The molecular weight excluding hydrogens is 400 g/mol. The van der Waals surface area contributed by atoms with Crippen molar-refractivity contribution in [3.05, 3.63) is 23.3 Å². The zero-order chi connectivity index (χ0) is 22.0. The topological polar surface area (TPSA) is 50.8 Å². The Labute approximate surface area is 193 Å². The Morgan fingerprint density at radius 2 is 1.59 bits per heavy atom. The van der Waals surface area contributed by atoms with Gasteiger partial charge in [-0.05, 0) is 111 Å². The third kappa shape index (κ3) is 3.18. The van der Waals surface area contributed by atoms with Crippen LogP contribution >= 0.6 is 0 Å².